The molecule has 2 aromatic rings. The van der Waals surface area contributed by atoms with Crippen molar-refractivity contribution >= 4 is 12.0 Å². The standard InChI is InChI=1S/C22H27N3O3/c1-16-13-24(22(28)23-12-18-6-4-3-5-7-18)14-17(2)25(16)15-19-8-10-20(11-9-19)21(26)27/h3-11,16-17H,12-15H2,1-2H3,(H,23,28)(H,26,27)/t16-,17+. The number of carboxylic acids is 1. The molecule has 0 bridgehead atoms. The van der Waals surface area contributed by atoms with Crippen molar-refractivity contribution in [2.24, 2.45) is 0 Å². The number of hydrogen-bond donors (Lipinski definition) is 2. The first-order chi connectivity index (χ1) is 13.4. The van der Waals surface area contributed by atoms with Crippen LogP contribution in [0.15, 0.2) is 54.6 Å². The fourth-order valence-corrected chi connectivity index (χ4v) is 3.68. The van der Waals surface area contributed by atoms with Gasteiger partial charge in [-0.15, -0.1) is 0 Å². The summed E-state index contributed by atoms with van der Waals surface area (Å²) in [6.45, 7) is 6.84. The maximum Gasteiger partial charge on any atom is 0.335 e. The van der Waals surface area contributed by atoms with E-state index in [0.29, 0.717) is 25.2 Å². The van der Waals surface area contributed by atoms with Crippen LogP contribution in [-0.4, -0.2) is 52.1 Å². The zero-order valence-corrected chi connectivity index (χ0v) is 16.3. The molecule has 1 fully saturated rings. The van der Waals surface area contributed by atoms with Crippen molar-refractivity contribution in [1.82, 2.24) is 15.1 Å². The molecular weight excluding hydrogens is 354 g/mol. The third-order valence-corrected chi connectivity index (χ3v) is 5.24. The topological polar surface area (TPSA) is 72.9 Å². The number of carboxylic acid groups (broad SMARTS) is 1. The number of nitrogens with zero attached hydrogens (tertiary/aromatic N) is 2. The first-order valence-corrected chi connectivity index (χ1v) is 9.58. The van der Waals surface area contributed by atoms with Gasteiger partial charge < -0.3 is 15.3 Å². The summed E-state index contributed by atoms with van der Waals surface area (Å²) in [4.78, 5) is 27.8. The molecule has 1 heterocycles. The number of aromatic carboxylic acids is 1. The van der Waals surface area contributed by atoms with E-state index >= 15 is 0 Å². The Bertz CT molecular complexity index is 796. The molecule has 3 rings (SSSR count). The fraction of sp³-hybridized carbons (Fsp3) is 0.364. The molecule has 1 saturated heterocycles. The predicted octanol–water partition coefficient (Wildman–Crippen LogP) is 3.19. The molecule has 2 atom stereocenters. The minimum atomic E-state index is -0.914. The molecule has 0 saturated carbocycles. The van der Waals surface area contributed by atoms with Crippen molar-refractivity contribution in [1.29, 1.82) is 0 Å². The van der Waals surface area contributed by atoms with E-state index in [1.807, 2.05) is 47.4 Å². The molecule has 6 heteroatoms. The summed E-state index contributed by atoms with van der Waals surface area (Å²) in [5.41, 5.74) is 2.45. The highest BCUT2D eigenvalue weighted by atomic mass is 16.4. The minimum absolute atomic E-state index is 0.0342. The summed E-state index contributed by atoms with van der Waals surface area (Å²) in [6.07, 6.45) is 0. The van der Waals surface area contributed by atoms with Crippen molar-refractivity contribution < 1.29 is 14.7 Å². The summed E-state index contributed by atoms with van der Waals surface area (Å²) in [5.74, 6) is -0.914. The Labute approximate surface area is 165 Å². The Balaban J connectivity index is 1.55. The molecule has 2 N–H and O–H groups in total. The number of urea groups is 1. The van der Waals surface area contributed by atoms with Crippen LogP contribution in [-0.2, 0) is 13.1 Å². The van der Waals surface area contributed by atoms with Gasteiger partial charge in [0.15, 0.2) is 0 Å². The lowest BCUT2D eigenvalue weighted by Crippen LogP contribution is -2.59. The second-order valence-corrected chi connectivity index (χ2v) is 7.42. The van der Waals surface area contributed by atoms with Crippen molar-refractivity contribution in [2.75, 3.05) is 13.1 Å². The predicted molar refractivity (Wildman–Crippen MR) is 108 cm³/mol. The van der Waals surface area contributed by atoms with E-state index < -0.39 is 5.97 Å². The monoisotopic (exact) mass is 381 g/mol. The first kappa shape index (κ1) is 19.9. The van der Waals surface area contributed by atoms with E-state index in [0.717, 1.165) is 17.7 Å². The highest BCUT2D eigenvalue weighted by Crippen LogP contribution is 2.19. The quantitative estimate of drug-likeness (QED) is 0.834. The summed E-state index contributed by atoms with van der Waals surface area (Å²) >= 11 is 0. The summed E-state index contributed by atoms with van der Waals surface area (Å²) in [5, 5.41) is 12.0. The van der Waals surface area contributed by atoms with Crippen LogP contribution < -0.4 is 5.32 Å². The molecule has 28 heavy (non-hydrogen) atoms. The lowest BCUT2D eigenvalue weighted by Gasteiger charge is -2.44. The van der Waals surface area contributed by atoms with Crippen molar-refractivity contribution in [2.45, 2.75) is 39.0 Å². The second kappa shape index (κ2) is 8.89. The molecule has 2 amide bonds. The van der Waals surface area contributed by atoms with Gasteiger partial charge in [0.2, 0.25) is 0 Å². The van der Waals surface area contributed by atoms with Gasteiger partial charge in [-0.25, -0.2) is 9.59 Å². The summed E-state index contributed by atoms with van der Waals surface area (Å²) < 4.78 is 0. The van der Waals surface area contributed by atoms with Crippen molar-refractivity contribution in [3.8, 4) is 0 Å². The molecule has 0 radical (unpaired) electrons. The van der Waals surface area contributed by atoms with Crippen molar-refractivity contribution in [3.05, 3.63) is 71.3 Å². The Morgan fingerprint density at radius 1 is 0.964 bits per heavy atom. The van der Waals surface area contributed by atoms with E-state index in [-0.39, 0.29) is 18.1 Å². The van der Waals surface area contributed by atoms with E-state index in [1.54, 1.807) is 12.1 Å². The highest BCUT2D eigenvalue weighted by Gasteiger charge is 2.31. The third-order valence-electron chi connectivity index (χ3n) is 5.24. The summed E-state index contributed by atoms with van der Waals surface area (Å²) in [6, 6.07) is 17.3. The van der Waals surface area contributed by atoms with E-state index in [9.17, 15) is 9.59 Å². The number of amides is 2. The van der Waals surface area contributed by atoms with Crippen LogP contribution in [0.5, 0.6) is 0 Å². The van der Waals surface area contributed by atoms with Gasteiger partial charge in [-0.05, 0) is 37.1 Å². The fourth-order valence-electron chi connectivity index (χ4n) is 3.68. The highest BCUT2D eigenvalue weighted by molar-refractivity contribution is 5.87. The van der Waals surface area contributed by atoms with Crippen LogP contribution in [0.1, 0.15) is 35.3 Å². The SMILES string of the molecule is C[C@@H]1CN(C(=O)NCc2ccccc2)C[C@H](C)N1Cc1ccc(C(=O)O)cc1. The number of benzene rings is 2. The molecule has 148 valence electrons. The second-order valence-electron chi connectivity index (χ2n) is 7.42. The number of rotatable bonds is 5. The van der Waals surface area contributed by atoms with Crippen LogP contribution in [0.3, 0.4) is 0 Å². The van der Waals surface area contributed by atoms with E-state index in [1.165, 1.54) is 0 Å². The molecule has 1 aliphatic heterocycles. The number of piperazine rings is 1. The zero-order chi connectivity index (χ0) is 20.1. The Kier molecular flexibility index (Phi) is 6.31. The molecule has 2 aromatic carbocycles. The van der Waals surface area contributed by atoms with E-state index in [2.05, 4.69) is 24.1 Å². The van der Waals surface area contributed by atoms with Gasteiger partial charge in [-0.3, -0.25) is 4.90 Å². The first-order valence-electron chi connectivity index (χ1n) is 9.58. The number of carbonyl (C=O) groups is 2. The van der Waals surface area contributed by atoms with Crippen LogP contribution in [0.25, 0.3) is 0 Å². The molecule has 0 aromatic heterocycles. The number of hydrogen-bond acceptors (Lipinski definition) is 3. The zero-order valence-electron chi connectivity index (χ0n) is 16.3. The van der Waals surface area contributed by atoms with Gasteiger partial charge in [0.25, 0.3) is 0 Å². The lowest BCUT2D eigenvalue weighted by molar-refractivity contribution is 0.0491. The molecule has 1 aliphatic rings. The van der Waals surface area contributed by atoms with Crippen LogP contribution >= 0.6 is 0 Å². The normalized spacial score (nSPS) is 20.0. The van der Waals surface area contributed by atoms with E-state index in [4.69, 9.17) is 5.11 Å². The van der Waals surface area contributed by atoms with Gasteiger partial charge in [-0.1, -0.05) is 42.5 Å². The smallest absolute Gasteiger partial charge is 0.335 e. The maximum atomic E-state index is 12.6. The van der Waals surface area contributed by atoms with Gasteiger partial charge in [0.05, 0.1) is 5.56 Å². The van der Waals surface area contributed by atoms with Crippen LogP contribution in [0, 0.1) is 0 Å². The number of carbonyl (C=O) groups excluding carboxylic acids is 1. The number of nitrogens with one attached hydrogen (secondary N) is 1. The Morgan fingerprint density at radius 2 is 1.57 bits per heavy atom. The third kappa shape index (κ3) is 4.89. The maximum absolute atomic E-state index is 12.6. The molecule has 0 spiro atoms. The molecule has 0 unspecified atom stereocenters. The van der Waals surface area contributed by atoms with Crippen molar-refractivity contribution in [3.63, 3.8) is 0 Å². The van der Waals surface area contributed by atoms with Gasteiger partial charge in [0.1, 0.15) is 0 Å². The molecular formula is C22H27N3O3. The van der Waals surface area contributed by atoms with Gasteiger partial charge >= 0.3 is 12.0 Å². The Morgan fingerprint density at radius 3 is 2.14 bits per heavy atom. The van der Waals surface area contributed by atoms with Crippen LogP contribution in [0.2, 0.25) is 0 Å². The molecule has 6 nitrogen and oxygen atoms in total. The minimum Gasteiger partial charge on any atom is -0.478 e. The largest absolute Gasteiger partial charge is 0.478 e. The van der Waals surface area contributed by atoms with Gasteiger partial charge in [-0.2, -0.15) is 0 Å². The average molecular weight is 381 g/mol. The van der Waals surface area contributed by atoms with Crippen LogP contribution in [0.4, 0.5) is 4.79 Å². The Hall–Kier alpha value is -2.86. The molecule has 0 aliphatic carbocycles. The summed E-state index contributed by atoms with van der Waals surface area (Å²) in [7, 11) is 0. The average Bonchev–Trinajstić information content (AvgIpc) is 2.70. The van der Waals surface area contributed by atoms with Gasteiger partial charge in [0, 0.05) is 38.3 Å². The lowest BCUT2D eigenvalue weighted by atomic mass is 10.1.